The second-order valence-electron chi connectivity index (χ2n) is 3.53. The van der Waals surface area contributed by atoms with Gasteiger partial charge in [0.2, 0.25) is 5.91 Å². The lowest BCUT2D eigenvalue weighted by Crippen LogP contribution is -2.28. The predicted octanol–water partition coefficient (Wildman–Crippen LogP) is 1.31. The smallest absolute Gasteiger partial charge is 0.232 e. The summed E-state index contributed by atoms with van der Waals surface area (Å²) in [6, 6.07) is 5.03. The lowest BCUT2D eigenvalue weighted by Gasteiger charge is -2.06. The van der Waals surface area contributed by atoms with Crippen molar-refractivity contribution in [2.24, 2.45) is 0 Å². The fourth-order valence-corrected chi connectivity index (χ4v) is 2.60. The van der Waals surface area contributed by atoms with Crippen LogP contribution in [-0.4, -0.2) is 22.4 Å². The second kappa shape index (κ2) is 6.61. The van der Waals surface area contributed by atoms with Gasteiger partial charge in [-0.15, -0.1) is 0 Å². The zero-order valence-corrected chi connectivity index (χ0v) is 11.1. The molecule has 0 aliphatic rings. The van der Waals surface area contributed by atoms with Gasteiger partial charge >= 0.3 is 0 Å². The Morgan fingerprint density at radius 1 is 1.53 bits per heavy atom. The van der Waals surface area contributed by atoms with Crippen LogP contribution in [0.15, 0.2) is 18.2 Å². The van der Waals surface area contributed by atoms with Crippen molar-refractivity contribution < 1.29 is 9.00 Å². The number of carbonyl (C=O) groups is 1. The Hall–Kier alpha value is -1.07. The highest BCUT2D eigenvalue weighted by atomic mass is 35.5. The average Bonchev–Trinajstić information content (AvgIpc) is 2.22. The van der Waals surface area contributed by atoms with Crippen LogP contribution in [0.5, 0.6) is 0 Å². The molecule has 0 saturated carbocycles. The largest absolute Gasteiger partial charge is 0.398 e. The predicted molar refractivity (Wildman–Crippen MR) is 71.3 cm³/mol. The molecule has 0 aliphatic heterocycles. The van der Waals surface area contributed by atoms with Crippen LogP contribution in [0, 0.1) is 0 Å². The molecule has 94 valence electrons. The van der Waals surface area contributed by atoms with Crippen molar-refractivity contribution in [1.82, 2.24) is 5.32 Å². The van der Waals surface area contributed by atoms with E-state index in [0.717, 1.165) is 5.56 Å². The third kappa shape index (κ3) is 4.75. The maximum absolute atomic E-state index is 11.7. The highest BCUT2D eigenvalue weighted by Gasteiger charge is 2.09. The van der Waals surface area contributed by atoms with Crippen molar-refractivity contribution in [1.29, 1.82) is 0 Å². The normalized spacial score (nSPS) is 12.1. The van der Waals surface area contributed by atoms with E-state index in [2.05, 4.69) is 5.32 Å². The molecule has 0 saturated heterocycles. The fourth-order valence-electron chi connectivity index (χ4n) is 1.32. The summed E-state index contributed by atoms with van der Waals surface area (Å²) in [7, 11) is -1.25. The van der Waals surface area contributed by atoms with Crippen LogP contribution in [-0.2, 0) is 21.3 Å². The summed E-state index contributed by atoms with van der Waals surface area (Å²) in [5.74, 6) is 0.0501. The van der Waals surface area contributed by atoms with Gasteiger partial charge in [0.15, 0.2) is 0 Å². The van der Waals surface area contributed by atoms with Gasteiger partial charge in [-0.05, 0) is 24.6 Å². The first-order chi connectivity index (χ1) is 8.02. The van der Waals surface area contributed by atoms with Crippen molar-refractivity contribution in [2.45, 2.75) is 12.7 Å². The Bertz CT molecular complexity index is 437. The first-order valence-electron chi connectivity index (χ1n) is 5.18. The highest BCUT2D eigenvalue weighted by molar-refractivity contribution is 7.84. The molecule has 6 heteroatoms. The molecular formula is C11H15ClN2O2S. The molecule has 0 bridgehead atoms. The van der Waals surface area contributed by atoms with Crippen LogP contribution < -0.4 is 11.1 Å². The van der Waals surface area contributed by atoms with Crippen LogP contribution in [0.3, 0.4) is 0 Å². The number of nitrogens with two attached hydrogens (primary N) is 1. The Balaban J connectivity index is 2.59. The van der Waals surface area contributed by atoms with E-state index in [4.69, 9.17) is 17.3 Å². The average molecular weight is 275 g/mol. The summed E-state index contributed by atoms with van der Waals surface area (Å²) >= 11 is 5.76. The summed E-state index contributed by atoms with van der Waals surface area (Å²) in [6.45, 7) is 2.36. The van der Waals surface area contributed by atoms with Crippen LogP contribution in [0.2, 0.25) is 5.02 Å². The zero-order chi connectivity index (χ0) is 12.8. The SMILES string of the molecule is CCNC(=O)CS(=O)Cc1ccc(Cl)cc1N. The minimum Gasteiger partial charge on any atom is -0.398 e. The second-order valence-corrected chi connectivity index (χ2v) is 5.42. The van der Waals surface area contributed by atoms with Crippen molar-refractivity contribution in [3.63, 3.8) is 0 Å². The molecule has 1 unspecified atom stereocenters. The summed E-state index contributed by atoms with van der Waals surface area (Å²) in [5.41, 5.74) is 6.99. The molecule has 1 rings (SSSR count). The monoisotopic (exact) mass is 274 g/mol. The fraction of sp³-hybridized carbons (Fsp3) is 0.364. The number of benzene rings is 1. The number of amides is 1. The van der Waals surface area contributed by atoms with Gasteiger partial charge in [0.1, 0.15) is 5.75 Å². The molecule has 0 radical (unpaired) electrons. The number of hydrogen-bond donors (Lipinski definition) is 2. The molecule has 1 atom stereocenters. The van der Waals surface area contributed by atoms with E-state index < -0.39 is 10.8 Å². The van der Waals surface area contributed by atoms with Gasteiger partial charge < -0.3 is 11.1 Å². The molecule has 0 aliphatic carbocycles. The molecule has 0 spiro atoms. The summed E-state index contributed by atoms with van der Waals surface area (Å²) < 4.78 is 11.7. The Kier molecular flexibility index (Phi) is 5.44. The van der Waals surface area contributed by atoms with Gasteiger partial charge in [-0.25, -0.2) is 0 Å². The number of hydrogen-bond acceptors (Lipinski definition) is 3. The number of carbonyl (C=O) groups excluding carboxylic acids is 1. The molecule has 1 amide bonds. The van der Waals surface area contributed by atoms with Gasteiger partial charge in [-0.3, -0.25) is 9.00 Å². The van der Waals surface area contributed by atoms with E-state index in [1.807, 2.05) is 6.92 Å². The molecule has 17 heavy (non-hydrogen) atoms. The Morgan fingerprint density at radius 2 is 2.24 bits per heavy atom. The van der Waals surface area contributed by atoms with E-state index in [1.54, 1.807) is 18.2 Å². The molecule has 0 heterocycles. The maximum atomic E-state index is 11.7. The Labute approximate surface area is 108 Å². The van der Waals surface area contributed by atoms with Crippen molar-refractivity contribution in [2.75, 3.05) is 18.0 Å². The standard InChI is InChI=1S/C11H15ClN2O2S/c1-2-14-11(15)7-17(16)6-8-3-4-9(12)5-10(8)13/h3-5H,2,6-7,13H2,1H3,(H,14,15). The third-order valence-electron chi connectivity index (χ3n) is 2.09. The zero-order valence-electron chi connectivity index (χ0n) is 9.53. The summed E-state index contributed by atoms with van der Waals surface area (Å²) in [5, 5.41) is 3.14. The van der Waals surface area contributed by atoms with Crippen LogP contribution in [0.25, 0.3) is 0 Å². The molecule has 4 nitrogen and oxygen atoms in total. The molecule has 0 fully saturated rings. The lowest BCUT2D eigenvalue weighted by atomic mass is 10.2. The lowest BCUT2D eigenvalue weighted by molar-refractivity contribution is -0.118. The minimum atomic E-state index is -1.25. The number of rotatable bonds is 5. The van der Waals surface area contributed by atoms with Crippen molar-refractivity contribution in [3.05, 3.63) is 28.8 Å². The number of nitrogens with one attached hydrogen (secondary N) is 1. The first-order valence-corrected chi connectivity index (χ1v) is 7.05. The quantitative estimate of drug-likeness (QED) is 0.795. The molecule has 1 aromatic rings. The van der Waals surface area contributed by atoms with E-state index >= 15 is 0 Å². The van der Waals surface area contributed by atoms with E-state index in [9.17, 15) is 9.00 Å². The number of nitrogen functional groups attached to an aromatic ring is 1. The molecular weight excluding hydrogens is 260 g/mol. The summed E-state index contributed by atoms with van der Waals surface area (Å²) in [6.07, 6.45) is 0. The van der Waals surface area contributed by atoms with Gasteiger partial charge in [0, 0.05) is 28.1 Å². The van der Waals surface area contributed by atoms with Crippen molar-refractivity contribution >= 4 is 34.0 Å². The van der Waals surface area contributed by atoms with E-state index in [0.29, 0.717) is 17.3 Å². The minimum absolute atomic E-state index is 0.00406. The maximum Gasteiger partial charge on any atom is 0.232 e. The molecule has 1 aromatic carbocycles. The molecule has 0 aromatic heterocycles. The number of halogens is 1. The van der Waals surface area contributed by atoms with Crippen LogP contribution >= 0.6 is 11.6 Å². The van der Waals surface area contributed by atoms with Crippen LogP contribution in [0.1, 0.15) is 12.5 Å². The summed E-state index contributed by atoms with van der Waals surface area (Å²) in [4.78, 5) is 11.2. The van der Waals surface area contributed by atoms with Gasteiger partial charge in [-0.1, -0.05) is 17.7 Å². The first kappa shape index (κ1) is 14.0. The van der Waals surface area contributed by atoms with E-state index in [1.165, 1.54) is 0 Å². The number of anilines is 1. The highest BCUT2D eigenvalue weighted by Crippen LogP contribution is 2.19. The van der Waals surface area contributed by atoms with Gasteiger partial charge in [0.25, 0.3) is 0 Å². The topological polar surface area (TPSA) is 72.2 Å². The van der Waals surface area contributed by atoms with Gasteiger partial charge in [0.05, 0.1) is 5.75 Å². The third-order valence-corrected chi connectivity index (χ3v) is 3.54. The molecule has 3 N–H and O–H groups in total. The van der Waals surface area contributed by atoms with E-state index in [-0.39, 0.29) is 17.4 Å². The van der Waals surface area contributed by atoms with Gasteiger partial charge in [-0.2, -0.15) is 0 Å². The van der Waals surface area contributed by atoms with Crippen LogP contribution in [0.4, 0.5) is 5.69 Å². The van der Waals surface area contributed by atoms with Crippen molar-refractivity contribution in [3.8, 4) is 0 Å². The Morgan fingerprint density at radius 3 is 2.82 bits per heavy atom.